The summed E-state index contributed by atoms with van der Waals surface area (Å²) in [6.45, 7) is 9.19. The molecule has 1 aliphatic heterocycles. The summed E-state index contributed by atoms with van der Waals surface area (Å²) < 4.78 is 5.42. The smallest absolute Gasteiger partial charge is 0.290 e. The lowest BCUT2D eigenvalue weighted by Crippen LogP contribution is -2.51. The minimum atomic E-state index is -0.783. The highest BCUT2D eigenvalue weighted by Gasteiger charge is 2.46. The predicted molar refractivity (Wildman–Crippen MR) is 132 cm³/mol. The van der Waals surface area contributed by atoms with E-state index in [1.807, 2.05) is 36.9 Å². The largest absolute Gasteiger partial charge is 0.483 e. The molecule has 2 aliphatic rings. The second-order valence-electron chi connectivity index (χ2n) is 9.78. The summed E-state index contributed by atoms with van der Waals surface area (Å²) >= 11 is 0. The molecule has 1 aliphatic carbocycles. The summed E-state index contributed by atoms with van der Waals surface area (Å²) in [4.78, 5) is 33.2. The summed E-state index contributed by atoms with van der Waals surface area (Å²) in [6, 6.07) is 10.5. The third kappa shape index (κ3) is 5.22. The van der Waals surface area contributed by atoms with Gasteiger partial charge in [-0.25, -0.2) is 9.97 Å². The Labute approximate surface area is 201 Å². The Bertz CT molecular complexity index is 999. The monoisotopic (exact) mass is 468 g/mol. The average molecular weight is 469 g/mol. The van der Waals surface area contributed by atoms with E-state index in [1.54, 1.807) is 7.11 Å². The van der Waals surface area contributed by atoms with Crippen molar-refractivity contribution in [3.63, 3.8) is 0 Å². The topological polar surface area (TPSA) is 105 Å². The van der Waals surface area contributed by atoms with Gasteiger partial charge in [0.15, 0.2) is 5.82 Å². The van der Waals surface area contributed by atoms with Crippen molar-refractivity contribution in [1.82, 2.24) is 14.9 Å². The van der Waals surface area contributed by atoms with Crippen LogP contribution in [0.15, 0.2) is 30.3 Å². The molecule has 34 heavy (non-hydrogen) atoms. The minimum absolute atomic E-state index is 0.0171. The zero-order valence-corrected chi connectivity index (χ0v) is 20.8. The number of rotatable bonds is 5. The lowest BCUT2D eigenvalue weighted by atomic mass is 9.76. The van der Waals surface area contributed by atoms with Crippen LogP contribution in [0.3, 0.4) is 0 Å². The highest BCUT2D eigenvalue weighted by Crippen LogP contribution is 2.47. The maximum Gasteiger partial charge on any atom is 0.290 e. The van der Waals surface area contributed by atoms with Gasteiger partial charge in [0.2, 0.25) is 0 Å². The Morgan fingerprint density at radius 2 is 1.79 bits per heavy atom. The van der Waals surface area contributed by atoms with Crippen molar-refractivity contribution < 1.29 is 19.4 Å². The lowest BCUT2D eigenvalue weighted by molar-refractivity contribution is -0.152. The fourth-order valence-electron chi connectivity index (χ4n) is 4.84. The number of aromatic nitrogens is 2. The molecule has 0 radical (unpaired) electrons. The number of carbonyl (C=O) groups excluding carboxylic acids is 1. The molecule has 8 nitrogen and oxygen atoms in total. The number of methoxy groups -OCH3 is 1. The first-order valence-electron chi connectivity index (χ1n) is 11.8. The molecule has 0 bridgehead atoms. The zero-order valence-electron chi connectivity index (χ0n) is 20.8. The molecule has 4 rings (SSSR count). The van der Waals surface area contributed by atoms with Crippen LogP contribution in [-0.4, -0.2) is 64.2 Å². The predicted octanol–water partition coefficient (Wildman–Crippen LogP) is 3.90. The number of carboxylic acid groups (broad SMARTS) is 1. The van der Waals surface area contributed by atoms with Crippen LogP contribution in [0.1, 0.15) is 58.2 Å². The van der Waals surface area contributed by atoms with Crippen molar-refractivity contribution in [1.29, 1.82) is 0 Å². The van der Waals surface area contributed by atoms with Crippen LogP contribution in [0.5, 0.6) is 0 Å². The Morgan fingerprint density at radius 3 is 2.35 bits per heavy atom. The van der Waals surface area contributed by atoms with Gasteiger partial charge in [-0.1, -0.05) is 30.3 Å². The molecule has 1 aromatic heterocycles. The van der Waals surface area contributed by atoms with Gasteiger partial charge in [0, 0.05) is 42.8 Å². The van der Waals surface area contributed by atoms with Crippen LogP contribution >= 0.6 is 0 Å². The first kappa shape index (κ1) is 25.6. The second kappa shape index (κ2) is 10.5. The van der Waals surface area contributed by atoms with Crippen LogP contribution in [0.25, 0.3) is 11.4 Å². The van der Waals surface area contributed by atoms with Gasteiger partial charge >= 0.3 is 0 Å². The Hall–Kier alpha value is -3.00. The van der Waals surface area contributed by atoms with Crippen molar-refractivity contribution in [2.24, 2.45) is 0 Å². The molecule has 184 valence electrons. The number of amides is 1. The van der Waals surface area contributed by atoms with E-state index in [9.17, 15) is 4.79 Å². The molecule has 8 heteroatoms. The third-order valence-corrected chi connectivity index (χ3v) is 6.85. The summed E-state index contributed by atoms with van der Waals surface area (Å²) in [5, 5.41) is 10.4. The van der Waals surface area contributed by atoms with Gasteiger partial charge in [-0.15, -0.1) is 0 Å². The highest BCUT2D eigenvalue weighted by molar-refractivity contribution is 5.84. The SMILES string of the molecule is COC(C)(C)C(=O)N1CCC2(CCc3c(NC(C)C)nc(-c4ccccc4)nc32)CC1.O=CO. The molecule has 1 fully saturated rings. The Kier molecular flexibility index (Phi) is 7.92. The van der Waals surface area contributed by atoms with Gasteiger partial charge < -0.3 is 20.1 Å². The number of fused-ring (bicyclic) bond motifs is 2. The van der Waals surface area contributed by atoms with E-state index in [-0.39, 0.29) is 17.8 Å². The number of likely N-dealkylation sites (tertiary alicyclic amines) is 1. The standard InChI is InChI=1S/C25H34N4O2.CH2O2/c1-17(2)26-22-19-11-12-25(13-15-29(16-14-25)23(30)24(3,4)31-5)20(19)27-21(28-22)18-9-7-6-8-10-18;2-1-3/h6-10,17H,11-16H2,1-5H3,(H,26,27,28);1H,(H,2,3). The van der Waals surface area contributed by atoms with Crippen LogP contribution < -0.4 is 5.32 Å². The van der Waals surface area contributed by atoms with Gasteiger partial charge in [-0.05, 0) is 53.4 Å². The number of nitrogens with zero attached hydrogens (tertiary/aromatic N) is 3. The summed E-state index contributed by atoms with van der Waals surface area (Å²) in [5.41, 5.74) is 2.71. The molecular formula is C26H36N4O4. The Morgan fingerprint density at radius 1 is 1.18 bits per heavy atom. The normalized spacial score (nSPS) is 16.6. The van der Waals surface area contributed by atoms with Crippen molar-refractivity contribution in [3.8, 4) is 11.4 Å². The van der Waals surface area contributed by atoms with E-state index in [0.29, 0.717) is 6.04 Å². The van der Waals surface area contributed by atoms with E-state index < -0.39 is 5.60 Å². The molecule has 2 heterocycles. The molecule has 1 amide bonds. The number of hydrogen-bond donors (Lipinski definition) is 2. The van der Waals surface area contributed by atoms with Crippen LogP contribution in [0.4, 0.5) is 5.82 Å². The summed E-state index contributed by atoms with van der Waals surface area (Å²) in [6.07, 6.45) is 3.91. The molecule has 1 aromatic carbocycles. The molecule has 2 aromatic rings. The van der Waals surface area contributed by atoms with Crippen molar-refractivity contribution >= 4 is 18.2 Å². The van der Waals surface area contributed by atoms with Gasteiger partial charge in [0.1, 0.15) is 11.4 Å². The summed E-state index contributed by atoms with van der Waals surface area (Å²) in [5.74, 6) is 1.82. The van der Waals surface area contributed by atoms with E-state index in [4.69, 9.17) is 24.6 Å². The number of ether oxygens (including phenoxy) is 1. The highest BCUT2D eigenvalue weighted by atomic mass is 16.5. The van der Waals surface area contributed by atoms with Gasteiger partial charge in [0.05, 0.1) is 5.69 Å². The molecule has 1 spiro atoms. The third-order valence-electron chi connectivity index (χ3n) is 6.85. The van der Waals surface area contributed by atoms with E-state index in [0.717, 1.165) is 56.0 Å². The number of anilines is 1. The lowest BCUT2D eigenvalue weighted by Gasteiger charge is -2.41. The molecular weight excluding hydrogens is 432 g/mol. The van der Waals surface area contributed by atoms with Crippen LogP contribution in [-0.2, 0) is 26.2 Å². The van der Waals surface area contributed by atoms with E-state index in [1.165, 1.54) is 11.3 Å². The van der Waals surface area contributed by atoms with E-state index in [2.05, 4.69) is 31.3 Å². The molecule has 0 unspecified atom stereocenters. The fourth-order valence-corrected chi connectivity index (χ4v) is 4.84. The second-order valence-corrected chi connectivity index (χ2v) is 9.78. The van der Waals surface area contributed by atoms with Gasteiger partial charge in [0.25, 0.3) is 12.4 Å². The van der Waals surface area contributed by atoms with Crippen molar-refractivity contribution in [2.75, 3.05) is 25.5 Å². The number of carbonyl (C=O) groups is 2. The molecule has 0 saturated carbocycles. The maximum absolute atomic E-state index is 12.9. The first-order valence-corrected chi connectivity index (χ1v) is 11.8. The van der Waals surface area contributed by atoms with Crippen molar-refractivity contribution in [2.45, 2.75) is 70.4 Å². The number of hydrogen-bond acceptors (Lipinski definition) is 6. The summed E-state index contributed by atoms with van der Waals surface area (Å²) in [7, 11) is 1.60. The number of benzene rings is 1. The van der Waals surface area contributed by atoms with Gasteiger partial charge in [-0.3, -0.25) is 9.59 Å². The quantitative estimate of drug-likeness (QED) is 0.641. The van der Waals surface area contributed by atoms with Crippen LogP contribution in [0, 0.1) is 0 Å². The first-order chi connectivity index (χ1) is 16.2. The molecule has 0 atom stereocenters. The average Bonchev–Trinajstić information content (AvgIpc) is 3.18. The maximum atomic E-state index is 12.9. The van der Waals surface area contributed by atoms with Crippen molar-refractivity contribution in [3.05, 3.63) is 41.6 Å². The van der Waals surface area contributed by atoms with Crippen LogP contribution in [0.2, 0.25) is 0 Å². The molecule has 2 N–H and O–H groups in total. The van der Waals surface area contributed by atoms with Gasteiger partial charge in [-0.2, -0.15) is 0 Å². The zero-order chi connectivity index (χ0) is 24.9. The minimum Gasteiger partial charge on any atom is -0.483 e. The van der Waals surface area contributed by atoms with E-state index >= 15 is 0 Å². The molecule has 1 saturated heterocycles. The number of piperidine rings is 1. The Balaban J connectivity index is 0.00000103. The fraction of sp³-hybridized carbons (Fsp3) is 0.538. The number of nitrogens with one attached hydrogen (secondary N) is 1.